The van der Waals surface area contributed by atoms with Crippen LogP contribution in [-0.2, 0) is 4.74 Å². The van der Waals surface area contributed by atoms with Crippen LogP contribution in [0.3, 0.4) is 0 Å². The van der Waals surface area contributed by atoms with Crippen LogP contribution in [0.1, 0.15) is 24.4 Å². The lowest BCUT2D eigenvalue weighted by Gasteiger charge is -2.43. The zero-order valence-corrected chi connectivity index (χ0v) is 12.0. The van der Waals surface area contributed by atoms with Gasteiger partial charge < -0.3 is 19.9 Å². The molecule has 0 atom stereocenters. The molecule has 110 valence electrons. The molecule has 7 heteroatoms. The predicted molar refractivity (Wildman–Crippen MR) is 77.3 cm³/mol. The summed E-state index contributed by atoms with van der Waals surface area (Å²) in [6, 6.07) is 0.313. The third-order valence-corrected chi connectivity index (χ3v) is 4.51. The normalized spacial score (nSPS) is 27.5. The zero-order valence-electron chi connectivity index (χ0n) is 12.0. The third kappa shape index (κ3) is 1.69. The number of anilines is 1. The molecule has 2 fully saturated rings. The minimum absolute atomic E-state index is 0.304. The van der Waals surface area contributed by atoms with Crippen molar-refractivity contribution in [2.75, 3.05) is 18.9 Å². The number of rotatable bonds is 2. The van der Waals surface area contributed by atoms with E-state index in [1.54, 1.807) is 6.33 Å². The van der Waals surface area contributed by atoms with Crippen molar-refractivity contribution in [3.05, 3.63) is 18.1 Å². The van der Waals surface area contributed by atoms with Crippen molar-refractivity contribution in [1.82, 2.24) is 19.9 Å². The van der Waals surface area contributed by atoms with E-state index in [1.807, 2.05) is 7.05 Å². The van der Waals surface area contributed by atoms with E-state index < -0.39 is 0 Å². The summed E-state index contributed by atoms with van der Waals surface area (Å²) in [5, 5.41) is 6.91. The Labute approximate surface area is 121 Å². The van der Waals surface area contributed by atoms with Crippen LogP contribution in [-0.4, -0.2) is 39.8 Å². The lowest BCUT2D eigenvalue weighted by atomic mass is 9.75. The molecule has 7 nitrogen and oxygen atoms in total. The number of nitrogens with zero attached hydrogens (tertiary/aromatic N) is 3. The van der Waals surface area contributed by atoms with Crippen LogP contribution >= 0.6 is 0 Å². The van der Waals surface area contributed by atoms with Gasteiger partial charge in [0.2, 0.25) is 0 Å². The molecule has 0 radical (unpaired) electrons. The topological polar surface area (TPSA) is 81.1 Å². The van der Waals surface area contributed by atoms with Crippen molar-refractivity contribution >= 4 is 22.9 Å². The summed E-state index contributed by atoms with van der Waals surface area (Å²) in [5.41, 5.74) is 1.77. The van der Waals surface area contributed by atoms with E-state index in [9.17, 15) is 4.79 Å². The first-order valence-corrected chi connectivity index (χ1v) is 7.09. The first-order valence-electron chi connectivity index (χ1n) is 7.09. The van der Waals surface area contributed by atoms with Crippen molar-refractivity contribution in [3.8, 4) is 0 Å². The summed E-state index contributed by atoms with van der Waals surface area (Å²) in [7, 11) is 1.86. The molecular formula is C14H17N5O2. The monoisotopic (exact) mass is 287 g/mol. The average Bonchev–Trinajstić information content (AvgIpc) is 2.98. The molecule has 0 bridgehead atoms. The molecule has 2 aromatic rings. The van der Waals surface area contributed by atoms with Gasteiger partial charge in [0.05, 0.1) is 11.9 Å². The second-order valence-electron chi connectivity index (χ2n) is 5.88. The minimum Gasteiger partial charge on any atom is -0.441 e. The molecule has 0 aromatic carbocycles. The molecule has 0 unspecified atom stereocenters. The number of nitrogens with one attached hydrogen (secondary N) is 2. The molecule has 2 N–H and O–H groups in total. The fourth-order valence-corrected chi connectivity index (χ4v) is 3.46. The molecule has 4 rings (SSSR count). The summed E-state index contributed by atoms with van der Waals surface area (Å²) < 4.78 is 7.58. The van der Waals surface area contributed by atoms with E-state index in [0.717, 1.165) is 35.3 Å². The fraction of sp³-hybridized carbons (Fsp3) is 0.500. The zero-order chi connectivity index (χ0) is 14.6. The molecule has 1 saturated carbocycles. The Kier molecular flexibility index (Phi) is 2.42. The van der Waals surface area contributed by atoms with Crippen LogP contribution < -0.4 is 10.6 Å². The van der Waals surface area contributed by atoms with Crippen LogP contribution in [0.15, 0.2) is 12.5 Å². The Bertz CT molecular complexity index is 732. The number of hydrogen-bond acceptors (Lipinski definition) is 5. The van der Waals surface area contributed by atoms with Gasteiger partial charge in [-0.15, -0.1) is 0 Å². The van der Waals surface area contributed by atoms with Crippen LogP contribution in [0.4, 0.5) is 10.6 Å². The van der Waals surface area contributed by atoms with E-state index in [2.05, 4.69) is 38.3 Å². The lowest BCUT2D eigenvalue weighted by Crippen LogP contribution is -2.47. The van der Waals surface area contributed by atoms with Gasteiger partial charge in [0.15, 0.2) is 0 Å². The van der Waals surface area contributed by atoms with Gasteiger partial charge >= 0.3 is 6.09 Å². The highest BCUT2D eigenvalue weighted by Crippen LogP contribution is 2.47. The third-order valence-electron chi connectivity index (χ3n) is 4.51. The van der Waals surface area contributed by atoms with Crippen LogP contribution in [0.5, 0.6) is 0 Å². The predicted octanol–water partition coefficient (Wildman–Crippen LogP) is 1.59. The fourth-order valence-electron chi connectivity index (χ4n) is 3.46. The second kappa shape index (κ2) is 4.09. The summed E-state index contributed by atoms with van der Waals surface area (Å²) in [4.78, 5) is 19.9. The molecule has 2 aromatic heterocycles. The van der Waals surface area contributed by atoms with E-state index >= 15 is 0 Å². The largest absolute Gasteiger partial charge is 0.441 e. The van der Waals surface area contributed by atoms with Crippen LogP contribution in [0.25, 0.3) is 11.0 Å². The van der Waals surface area contributed by atoms with Crippen LogP contribution in [0.2, 0.25) is 0 Å². The average molecular weight is 287 g/mol. The van der Waals surface area contributed by atoms with Gasteiger partial charge in [-0.2, -0.15) is 0 Å². The standard InChI is InChI=1S/C14H17N5O2/c1-8-5-19(12-10(8)11(15-2)17-7-18-12)9-3-14(4-9)6-16-13(20)21-14/h5,7,9H,3-4,6H2,1-2H3,(H,16,20)(H,15,17,18). The lowest BCUT2D eigenvalue weighted by molar-refractivity contribution is -0.0395. The highest BCUT2D eigenvalue weighted by atomic mass is 16.6. The van der Waals surface area contributed by atoms with E-state index in [-0.39, 0.29) is 11.7 Å². The summed E-state index contributed by atoms with van der Waals surface area (Å²) in [5.74, 6) is 0.847. The molecule has 21 heavy (non-hydrogen) atoms. The van der Waals surface area contributed by atoms with Crippen molar-refractivity contribution in [2.24, 2.45) is 0 Å². The van der Waals surface area contributed by atoms with Gasteiger partial charge in [0.1, 0.15) is 23.4 Å². The Morgan fingerprint density at radius 1 is 1.48 bits per heavy atom. The molecular weight excluding hydrogens is 270 g/mol. The smallest absolute Gasteiger partial charge is 0.407 e. The Morgan fingerprint density at radius 2 is 2.29 bits per heavy atom. The molecule has 2 aliphatic rings. The number of alkyl carbamates (subject to hydrolysis) is 1. The van der Waals surface area contributed by atoms with E-state index in [4.69, 9.17) is 4.74 Å². The number of amides is 1. The van der Waals surface area contributed by atoms with E-state index in [1.165, 1.54) is 0 Å². The highest BCUT2D eigenvalue weighted by Gasteiger charge is 2.52. The van der Waals surface area contributed by atoms with Crippen molar-refractivity contribution in [1.29, 1.82) is 0 Å². The Morgan fingerprint density at radius 3 is 2.95 bits per heavy atom. The number of carbonyl (C=O) groups excluding carboxylic acids is 1. The van der Waals surface area contributed by atoms with Crippen molar-refractivity contribution in [2.45, 2.75) is 31.4 Å². The van der Waals surface area contributed by atoms with Gasteiger partial charge in [-0.3, -0.25) is 0 Å². The van der Waals surface area contributed by atoms with Gasteiger partial charge in [-0.1, -0.05) is 0 Å². The van der Waals surface area contributed by atoms with Gasteiger partial charge in [0, 0.05) is 32.1 Å². The first kappa shape index (κ1) is 12.4. The SMILES string of the molecule is CNc1ncnc2c1c(C)cn2C1CC2(CNC(=O)O2)C1. The van der Waals surface area contributed by atoms with Crippen LogP contribution in [0, 0.1) is 6.92 Å². The molecule has 1 spiro atoms. The van der Waals surface area contributed by atoms with Gasteiger partial charge in [-0.25, -0.2) is 14.8 Å². The quantitative estimate of drug-likeness (QED) is 0.876. The molecule has 1 saturated heterocycles. The summed E-state index contributed by atoms with van der Waals surface area (Å²) >= 11 is 0. The maximum Gasteiger partial charge on any atom is 0.407 e. The number of aromatic nitrogens is 3. The number of aryl methyl sites for hydroxylation is 1. The molecule has 1 aliphatic carbocycles. The number of fused-ring (bicyclic) bond motifs is 1. The second-order valence-corrected chi connectivity index (χ2v) is 5.88. The van der Waals surface area contributed by atoms with E-state index in [0.29, 0.717) is 12.6 Å². The number of ether oxygens (including phenoxy) is 1. The van der Waals surface area contributed by atoms with Gasteiger partial charge in [0.25, 0.3) is 0 Å². The number of carbonyl (C=O) groups is 1. The van der Waals surface area contributed by atoms with Crippen molar-refractivity contribution in [3.63, 3.8) is 0 Å². The Balaban J connectivity index is 1.68. The first-order chi connectivity index (χ1) is 10.1. The Hall–Kier alpha value is -2.31. The minimum atomic E-state index is -0.314. The maximum atomic E-state index is 11.2. The summed E-state index contributed by atoms with van der Waals surface area (Å²) in [6.45, 7) is 2.67. The van der Waals surface area contributed by atoms with Crippen molar-refractivity contribution < 1.29 is 9.53 Å². The molecule has 3 heterocycles. The molecule has 1 amide bonds. The van der Waals surface area contributed by atoms with Gasteiger partial charge in [-0.05, 0) is 12.5 Å². The number of hydrogen-bond donors (Lipinski definition) is 2. The summed E-state index contributed by atoms with van der Waals surface area (Å²) in [6.07, 6.45) is 5.04. The highest BCUT2D eigenvalue weighted by molar-refractivity contribution is 5.90. The molecule has 1 aliphatic heterocycles. The maximum absolute atomic E-state index is 11.2.